The first-order chi connectivity index (χ1) is 8.23. The van der Waals surface area contributed by atoms with Gasteiger partial charge in [0.2, 0.25) is 0 Å². The van der Waals surface area contributed by atoms with E-state index in [1.54, 1.807) is 0 Å². The van der Waals surface area contributed by atoms with Crippen LogP contribution in [0.3, 0.4) is 0 Å². The molecule has 0 N–H and O–H groups in total. The minimum Gasteiger partial charge on any atom is -0.379 e. The molecular formula is C15H29NO2. The maximum Gasteiger partial charge on any atom is 0.152 e. The van der Waals surface area contributed by atoms with Gasteiger partial charge in [0, 0.05) is 19.5 Å². The highest BCUT2D eigenvalue weighted by Gasteiger charge is 2.34. The van der Waals surface area contributed by atoms with Crippen molar-refractivity contribution in [2.45, 2.75) is 59.4 Å². The maximum atomic E-state index is 12.4. The molecule has 1 saturated heterocycles. The largest absolute Gasteiger partial charge is 0.379 e. The van der Waals surface area contributed by atoms with E-state index in [0.29, 0.717) is 17.6 Å². The summed E-state index contributed by atoms with van der Waals surface area (Å²) in [4.78, 5) is 14.6. The van der Waals surface area contributed by atoms with Crippen LogP contribution in [0.15, 0.2) is 0 Å². The Morgan fingerprint density at radius 3 is 2.17 bits per heavy atom. The van der Waals surface area contributed by atoms with Crippen LogP contribution in [0.4, 0.5) is 0 Å². The molecule has 0 saturated carbocycles. The second-order valence-electron chi connectivity index (χ2n) is 7.00. The number of ether oxygens (including phenoxy) is 1. The van der Waals surface area contributed by atoms with E-state index in [-0.39, 0.29) is 5.54 Å². The molecule has 0 bridgehead atoms. The standard InChI is InChI=1S/C15H29NO2/c1-14(2,3)8-6-7-13(17)15(4,5)16-9-11-18-12-10-16/h6-12H2,1-5H3. The summed E-state index contributed by atoms with van der Waals surface area (Å²) < 4.78 is 5.35. The Hall–Kier alpha value is -0.410. The summed E-state index contributed by atoms with van der Waals surface area (Å²) >= 11 is 0. The Morgan fingerprint density at radius 2 is 1.67 bits per heavy atom. The number of carbonyl (C=O) groups is 1. The van der Waals surface area contributed by atoms with Gasteiger partial charge in [-0.05, 0) is 32.1 Å². The monoisotopic (exact) mass is 255 g/mol. The van der Waals surface area contributed by atoms with Gasteiger partial charge in [-0.25, -0.2) is 0 Å². The molecule has 0 unspecified atom stereocenters. The van der Waals surface area contributed by atoms with Crippen LogP contribution in [-0.2, 0) is 9.53 Å². The Bertz CT molecular complexity index is 273. The molecule has 1 heterocycles. The molecule has 18 heavy (non-hydrogen) atoms. The van der Waals surface area contributed by atoms with Crippen LogP contribution in [0.2, 0.25) is 0 Å². The van der Waals surface area contributed by atoms with Gasteiger partial charge < -0.3 is 4.74 Å². The van der Waals surface area contributed by atoms with E-state index in [0.717, 1.165) is 39.1 Å². The minimum absolute atomic E-state index is 0.323. The van der Waals surface area contributed by atoms with E-state index >= 15 is 0 Å². The van der Waals surface area contributed by atoms with Gasteiger partial charge in [0.05, 0.1) is 18.8 Å². The highest BCUT2D eigenvalue weighted by Crippen LogP contribution is 2.24. The lowest BCUT2D eigenvalue weighted by Gasteiger charge is -2.39. The minimum atomic E-state index is -0.332. The van der Waals surface area contributed by atoms with Crippen molar-refractivity contribution in [1.82, 2.24) is 4.90 Å². The normalized spacial score (nSPS) is 18.9. The van der Waals surface area contributed by atoms with Gasteiger partial charge in [-0.1, -0.05) is 20.8 Å². The second kappa shape index (κ2) is 6.16. The van der Waals surface area contributed by atoms with E-state index in [2.05, 4.69) is 39.5 Å². The molecule has 0 aromatic heterocycles. The van der Waals surface area contributed by atoms with Crippen LogP contribution in [-0.4, -0.2) is 42.5 Å². The van der Waals surface area contributed by atoms with Gasteiger partial charge in [0.15, 0.2) is 5.78 Å². The highest BCUT2D eigenvalue weighted by molar-refractivity contribution is 5.87. The van der Waals surface area contributed by atoms with E-state index in [1.807, 2.05) is 0 Å². The Morgan fingerprint density at radius 1 is 1.11 bits per heavy atom. The number of morpholine rings is 1. The molecule has 3 heteroatoms. The van der Waals surface area contributed by atoms with Crippen molar-refractivity contribution in [3.63, 3.8) is 0 Å². The Balaban J connectivity index is 2.43. The van der Waals surface area contributed by atoms with Gasteiger partial charge in [0.1, 0.15) is 0 Å². The van der Waals surface area contributed by atoms with Crippen molar-refractivity contribution < 1.29 is 9.53 Å². The van der Waals surface area contributed by atoms with Crippen LogP contribution in [0.5, 0.6) is 0 Å². The van der Waals surface area contributed by atoms with Crippen molar-refractivity contribution >= 4 is 5.78 Å². The van der Waals surface area contributed by atoms with E-state index in [4.69, 9.17) is 4.74 Å². The predicted octanol–water partition coefficient (Wildman–Crippen LogP) is 2.88. The fraction of sp³-hybridized carbons (Fsp3) is 0.933. The van der Waals surface area contributed by atoms with Crippen molar-refractivity contribution in [2.24, 2.45) is 5.41 Å². The summed E-state index contributed by atoms with van der Waals surface area (Å²) in [5, 5.41) is 0. The molecule has 1 rings (SSSR count). The summed E-state index contributed by atoms with van der Waals surface area (Å²) in [7, 11) is 0. The first-order valence-electron chi connectivity index (χ1n) is 7.09. The number of nitrogens with zero attached hydrogens (tertiary/aromatic N) is 1. The van der Waals surface area contributed by atoms with Crippen LogP contribution in [0.1, 0.15) is 53.9 Å². The Kier molecular flexibility index (Phi) is 5.35. The molecule has 0 radical (unpaired) electrons. The molecule has 0 aliphatic carbocycles. The SMILES string of the molecule is CC(C)(C)CCCC(=O)C(C)(C)N1CCOCC1. The third-order valence-corrected chi connectivity index (χ3v) is 3.81. The summed E-state index contributed by atoms with van der Waals surface area (Å²) in [5.41, 5.74) is -0.00888. The lowest BCUT2D eigenvalue weighted by molar-refractivity contribution is -0.132. The van der Waals surface area contributed by atoms with Crippen molar-refractivity contribution in [2.75, 3.05) is 26.3 Å². The number of ketones is 1. The van der Waals surface area contributed by atoms with E-state index in [9.17, 15) is 4.79 Å². The molecule has 0 aromatic rings. The van der Waals surface area contributed by atoms with Crippen molar-refractivity contribution in [1.29, 1.82) is 0 Å². The highest BCUT2D eigenvalue weighted by atomic mass is 16.5. The number of hydrogen-bond acceptors (Lipinski definition) is 3. The zero-order valence-electron chi connectivity index (χ0n) is 12.7. The summed E-state index contributed by atoms with van der Waals surface area (Å²) in [6.07, 6.45) is 2.80. The zero-order valence-corrected chi connectivity index (χ0v) is 12.7. The third-order valence-electron chi connectivity index (χ3n) is 3.81. The van der Waals surface area contributed by atoms with E-state index < -0.39 is 0 Å². The van der Waals surface area contributed by atoms with Gasteiger partial charge in [-0.3, -0.25) is 9.69 Å². The van der Waals surface area contributed by atoms with Crippen LogP contribution >= 0.6 is 0 Å². The summed E-state index contributed by atoms with van der Waals surface area (Å²) in [6, 6.07) is 0. The summed E-state index contributed by atoms with van der Waals surface area (Å²) in [5.74, 6) is 0.369. The van der Waals surface area contributed by atoms with Crippen LogP contribution < -0.4 is 0 Å². The topological polar surface area (TPSA) is 29.5 Å². The van der Waals surface area contributed by atoms with Crippen molar-refractivity contribution in [3.05, 3.63) is 0 Å². The first-order valence-corrected chi connectivity index (χ1v) is 7.09. The number of rotatable bonds is 5. The van der Waals surface area contributed by atoms with Crippen LogP contribution in [0, 0.1) is 5.41 Å². The molecule has 0 atom stereocenters. The fourth-order valence-corrected chi connectivity index (χ4v) is 2.38. The maximum absolute atomic E-state index is 12.4. The third kappa shape index (κ3) is 4.69. The Labute approximate surface area is 112 Å². The fourth-order valence-electron chi connectivity index (χ4n) is 2.38. The molecule has 0 aromatic carbocycles. The average molecular weight is 255 g/mol. The van der Waals surface area contributed by atoms with Gasteiger partial charge >= 0.3 is 0 Å². The molecule has 0 spiro atoms. The van der Waals surface area contributed by atoms with E-state index in [1.165, 1.54) is 0 Å². The van der Waals surface area contributed by atoms with Crippen molar-refractivity contribution in [3.8, 4) is 0 Å². The zero-order chi connectivity index (χ0) is 13.8. The smallest absolute Gasteiger partial charge is 0.152 e. The number of hydrogen-bond donors (Lipinski definition) is 0. The van der Waals surface area contributed by atoms with Gasteiger partial charge in [-0.15, -0.1) is 0 Å². The van der Waals surface area contributed by atoms with Gasteiger partial charge in [0.25, 0.3) is 0 Å². The summed E-state index contributed by atoms with van der Waals surface area (Å²) in [6.45, 7) is 14.0. The molecule has 1 aliphatic heterocycles. The quantitative estimate of drug-likeness (QED) is 0.756. The second-order valence-corrected chi connectivity index (χ2v) is 7.00. The first kappa shape index (κ1) is 15.6. The number of Topliss-reactive ketones (excluding diaryl/α,β-unsaturated/α-hetero) is 1. The van der Waals surface area contributed by atoms with Gasteiger partial charge in [-0.2, -0.15) is 0 Å². The average Bonchev–Trinajstić information content (AvgIpc) is 2.28. The predicted molar refractivity (Wildman–Crippen MR) is 74.8 cm³/mol. The van der Waals surface area contributed by atoms with Crippen LogP contribution in [0.25, 0.3) is 0 Å². The molecule has 106 valence electrons. The molecule has 1 aliphatic rings. The molecular weight excluding hydrogens is 226 g/mol. The lowest BCUT2D eigenvalue weighted by atomic mass is 9.86. The number of carbonyl (C=O) groups excluding carboxylic acids is 1. The lowest BCUT2D eigenvalue weighted by Crippen LogP contribution is -2.54. The molecule has 1 fully saturated rings. The molecule has 0 amide bonds. The molecule has 3 nitrogen and oxygen atoms in total.